The summed E-state index contributed by atoms with van der Waals surface area (Å²) in [6.07, 6.45) is 0.735. The molecule has 3 aromatic rings. The van der Waals surface area contributed by atoms with Crippen LogP contribution in [0.1, 0.15) is 23.6 Å². The highest BCUT2D eigenvalue weighted by Gasteiger charge is 2.13. The molecule has 0 bridgehead atoms. The molecule has 0 radical (unpaired) electrons. The zero-order valence-electron chi connectivity index (χ0n) is 18.2. The van der Waals surface area contributed by atoms with Gasteiger partial charge in [-0.05, 0) is 73.0 Å². The molecule has 0 aliphatic rings. The smallest absolute Gasteiger partial charge is 0.238 e. The molecule has 3 rings (SSSR count). The second-order valence-corrected chi connectivity index (χ2v) is 9.77. The van der Waals surface area contributed by atoms with Gasteiger partial charge >= 0.3 is 0 Å². The first-order valence-corrected chi connectivity index (χ1v) is 12.7. The molecule has 9 heteroatoms. The number of benzene rings is 3. The van der Waals surface area contributed by atoms with Crippen LogP contribution in [0.4, 0.5) is 0 Å². The van der Waals surface area contributed by atoms with Crippen molar-refractivity contribution in [3.8, 4) is 11.5 Å². The summed E-state index contributed by atoms with van der Waals surface area (Å²) in [5.74, 6) is 1.10. The fourth-order valence-electron chi connectivity index (χ4n) is 3.17. The molecule has 0 amide bonds. The third-order valence-corrected chi connectivity index (χ3v) is 6.30. The summed E-state index contributed by atoms with van der Waals surface area (Å²) in [4.78, 5) is 0.107. The molecule has 0 saturated heterocycles. The molecular formula is C24H26Cl2N2O4S. The molecule has 0 heterocycles. The summed E-state index contributed by atoms with van der Waals surface area (Å²) in [5, 5.41) is 9.64. The lowest BCUT2D eigenvalue weighted by atomic mass is 10.1. The van der Waals surface area contributed by atoms with E-state index in [9.17, 15) is 8.42 Å². The van der Waals surface area contributed by atoms with Gasteiger partial charge in [0.1, 0.15) is 6.61 Å². The topological polar surface area (TPSA) is 90.6 Å². The van der Waals surface area contributed by atoms with E-state index in [1.54, 1.807) is 12.1 Å². The summed E-state index contributed by atoms with van der Waals surface area (Å²) in [7, 11) is -3.67. The predicted octanol–water partition coefficient (Wildman–Crippen LogP) is 4.95. The molecule has 0 aliphatic heterocycles. The number of nitrogens with two attached hydrogens (primary N) is 1. The van der Waals surface area contributed by atoms with Crippen molar-refractivity contribution in [3.63, 3.8) is 0 Å². The Labute approximate surface area is 204 Å². The molecule has 3 aromatic carbocycles. The molecule has 176 valence electrons. The summed E-state index contributed by atoms with van der Waals surface area (Å²) in [5.41, 5.74) is 2.95. The first-order valence-electron chi connectivity index (χ1n) is 10.4. The first-order chi connectivity index (χ1) is 15.8. The Hall–Kier alpha value is -2.29. The van der Waals surface area contributed by atoms with Crippen LogP contribution in [-0.2, 0) is 29.6 Å². The van der Waals surface area contributed by atoms with Gasteiger partial charge in [0.05, 0.1) is 16.5 Å². The van der Waals surface area contributed by atoms with E-state index in [1.807, 2.05) is 43.3 Å². The van der Waals surface area contributed by atoms with Crippen LogP contribution in [0.5, 0.6) is 11.5 Å². The Morgan fingerprint density at radius 3 is 2.21 bits per heavy atom. The fraction of sp³-hybridized carbons (Fsp3) is 0.250. The van der Waals surface area contributed by atoms with E-state index >= 15 is 0 Å². The normalized spacial score (nSPS) is 11.4. The van der Waals surface area contributed by atoms with E-state index < -0.39 is 10.0 Å². The lowest BCUT2D eigenvalue weighted by Gasteiger charge is -2.16. The minimum absolute atomic E-state index is 0.107. The number of hydrogen-bond acceptors (Lipinski definition) is 5. The quantitative estimate of drug-likeness (QED) is 0.357. The number of rotatable bonds is 11. The van der Waals surface area contributed by atoms with Crippen LogP contribution in [-0.4, -0.2) is 21.6 Å². The average molecular weight is 509 g/mol. The Balaban J connectivity index is 1.58. The fourth-order valence-corrected chi connectivity index (χ4v) is 4.10. The maximum atomic E-state index is 11.3. The Kier molecular flexibility index (Phi) is 9.00. The first kappa shape index (κ1) is 25.3. The minimum Gasteiger partial charge on any atom is -0.490 e. The SMILES string of the molecule is CCOc1cc(CNCCc2ccc(S(N)(=O)=O)cc2)cc(Cl)c1OCc1ccc(Cl)cc1. The number of nitrogens with one attached hydrogen (secondary N) is 1. The zero-order valence-corrected chi connectivity index (χ0v) is 20.5. The predicted molar refractivity (Wildman–Crippen MR) is 132 cm³/mol. The van der Waals surface area contributed by atoms with E-state index in [0.29, 0.717) is 47.8 Å². The van der Waals surface area contributed by atoms with E-state index in [0.717, 1.165) is 23.1 Å². The van der Waals surface area contributed by atoms with Crippen LogP contribution in [0.25, 0.3) is 0 Å². The van der Waals surface area contributed by atoms with Gasteiger partial charge in [0.2, 0.25) is 10.0 Å². The van der Waals surface area contributed by atoms with Crippen molar-refractivity contribution < 1.29 is 17.9 Å². The Morgan fingerprint density at radius 2 is 1.58 bits per heavy atom. The maximum absolute atomic E-state index is 11.3. The number of sulfonamides is 1. The number of hydrogen-bond donors (Lipinski definition) is 2. The molecule has 3 N–H and O–H groups in total. The van der Waals surface area contributed by atoms with Crippen LogP contribution in [0, 0.1) is 0 Å². The molecule has 6 nitrogen and oxygen atoms in total. The molecule has 0 atom stereocenters. The van der Waals surface area contributed by atoms with Gasteiger partial charge in [0, 0.05) is 11.6 Å². The number of primary sulfonamides is 1. The summed E-state index contributed by atoms with van der Waals surface area (Å²) < 4.78 is 34.4. The second-order valence-electron chi connectivity index (χ2n) is 7.37. The van der Waals surface area contributed by atoms with E-state index in [-0.39, 0.29) is 4.90 Å². The number of halogens is 2. The molecule has 0 aromatic heterocycles. The molecule has 0 aliphatic carbocycles. The highest BCUT2D eigenvalue weighted by molar-refractivity contribution is 7.89. The van der Waals surface area contributed by atoms with Crippen LogP contribution in [0.2, 0.25) is 10.0 Å². The van der Waals surface area contributed by atoms with Crippen LogP contribution in [0.3, 0.4) is 0 Å². The van der Waals surface area contributed by atoms with Gasteiger partial charge in [-0.25, -0.2) is 13.6 Å². The summed E-state index contributed by atoms with van der Waals surface area (Å²) in [6.45, 7) is 4.03. The van der Waals surface area contributed by atoms with Crippen LogP contribution in [0.15, 0.2) is 65.6 Å². The summed E-state index contributed by atoms with van der Waals surface area (Å²) >= 11 is 12.4. The average Bonchev–Trinajstić information content (AvgIpc) is 2.77. The lowest BCUT2D eigenvalue weighted by molar-refractivity contribution is 0.269. The minimum atomic E-state index is -3.67. The van der Waals surface area contributed by atoms with E-state index in [4.69, 9.17) is 37.8 Å². The van der Waals surface area contributed by atoms with E-state index in [2.05, 4.69) is 5.32 Å². The van der Waals surface area contributed by atoms with Crippen LogP contribution < -0.4 is 19.9 Å². The van der Waals surface area contributed by atoms with Gasteiger partial charge in [-0.15, -0.1) is 0 Å². The van der Waals surface area contributed by atoms with Crippen molar-refractivity contribution in [2.75, 3.05) is 13.2 Å². The van der Waals surface area contributed by atoms with E-state index in [1.165, 1.54) is 12.1 Å². The molecule has 33 heavy (non-hydrogen) atoms. The monoisotopic (exact) mass is 508 g/mol. The van der Waals surface area contributed by atoms with Gasteiger partial charge in [-0.2, -0.15) is 0 Å². The number of ether oxygens (including phenoxy) is 2. The Bertz CT molecular complexity index is 1170. The van der Waals surface area contributed by atoms with Crippen LogP contribution >= 0.6 is 23.2 Å². The third kappa shape index (κ3) is 7.62. The van der Waals surface area contributed by atoms with Gasteiger partial charge < -0.3 is 14.8 Å². The van der Waals surface area contributed by atoms with Crippen molar-refractivity contribution in [2.24, 2.45) is 5.14 Å². The van der Waals surface area contributed by atoms with Crippen molar-refractivity contribution in [1.82, 2.24) is 5.32 Å². The molecular weight excluding hydrogens is 483 g/mol. The maximum Gasteiger partial charge on any atom is 0.238 e. The largest absolute Gasteiger partial charge is 0.490 e. The van der Waals surface area contributed by atoms with Gasteiger partial charge in [-0.1, -0.05) is 47.5 Å². The van der Waals surface area contributed by atoms with Gasteiger partial charge in [0.15, 0.2) is 11.5 Å². The third-order valence-electron chi connectivity index (χ3n) is 4.84. The Morgan fingerprint density at radius 1 is 0.909 bits per heavy atom. The zero-order chi connectivity index (χ0) is 23.8. The lowest BCUT2D eigenvalue weighted by Crippen LogP contribution is -2.17. The highest BCUT2D eigenvalue weighted by atomic mass is 35.5. The molecule has 0 spiro atoms. The second kappa shape index (κ2) is 11.7. The van der Waals surface area contributed by atoms with Crippen molar-refractivity contribution >= 4 is 33.2 Å². The highest BCUT2D eigenvalue weighted by Crippen LogP contribution is 2.37. The summed E-state index contributed by atoms with van der Waals surface area (Å²) in [6, 6.07) is 17.8. The molecule has 0 fully saturated rings. The van der Waals surface area contributed by atoms with Crippen molar-refractivity contribution in [2.45, 2.75) is 31.4 Å². The standard InChI is InChI=1S/C24H26Cl2N2O4S/c1-2-31-23-14-19(13-22(26)24(23)32-16-18-3-7-20(25)8-4-18)15-28-12-11-17-5-9-21(10-6-17)33(27,29)30/h3-10,13-14,28H,2,11-12,15-16H2,1H3,(H2,27,29,30). The van der Waals surface area contributed by atoms with Gasteiger partial charge in [0.25, 0.3) is 0 Å². The molecule has 0 saturated carbocycles. The van der Waals surface area contributed by atoms with Gasteiger partial charge in [-0.3, -0.25) is 0 Å². The van der Waals surface area contributed by atoms with Crippen molar-refractivity contribution in [1.29, 1.82) is 0 Å². The van der Waals surface area contributed by atoms with Crippen molar-refractivity contribution in [3.05, 3.63) is 87.4 Å². The molecule has 0 unspecified atom stereocenters.